The van der Waals surface area contributed by atoms with Crippen LogP contribution in [0.1, 0.15) is 83.2 Å². The molecule has 7 rings (SSSR count). The zero-order valence-corrected chi connectivity index (χ0v) is 31.4. The van der Waals surface area contributed by atoms with Crippen LogP contribution in [0.15, 0.2) is 41.8 Å². The highest BCUT2D eigenvalue weighted by atomic mass is 32.2. The van der Waals surface area contributed by atoms with E-state index < -0.39 is 44.2 Å². The standard InChI is InChI=1S/C39H47N3O7S2/c1-23(2)33-21-50-37(41-33)32-18-35(28-13-10-25(48-4)17-31(28)40-32)49-26-15-29-30(16-26)38(45)42(3)14-8-6-5-7-9-24-19-39(24,20-34(29)43)36(44)22-51(46,47)27-11-12-27/h7,9-10,13,17-18,21,23-24,26-27,29-30H,5-6,8,11-12,14-16,19-20,22H2,1-4H3/b9-7-/t24-,26-,29-,30-,39-/m1/s1. The first-order valence-corrected chi connectivity index (χ1v) is 20.8. The van der Waals surface area contributed by atoms with Crippen molar-refractivity contribution >= 4 is 49.6 Å². The fourth-order valence-electron chi connectivity index (χ4n) is 7.86. The van der Waals surface area contributed by atoms with Crippen LogP contribution in [-0.4, -0.2) is 78.6 Å². The third-order valence-corrected chi connectivity index (χ3v) is 14.3. The first-order valence-electron chi connectivity index (χ1n) is 18.2. The van der Waals surface area contributed by atoms with Gasteiger partial charge in [0.2, 0.25) is 5.91 Å². The van der Waals surface area contributed by atoms with E-state index in [1.807, 2.05) is 41.8 Å². The Bertz CT molecular complexity index is 1980. The molecule has 3 saturated carbocycles. The van der Waals surface area contributed by atoms with Gasteiger partial charge in [-0.05, 0) is 75.3 Å². The molecule has 12 heteroatoms. The average Bonchev–Trinajstić information content (AvgIpc) is 3.98. The SMILES string of the molecule is COc1ccc2c(O[C@@H]3C[C@H]4C(=O)C[C@]5(C(=O)CS(=O)(=O)C6CC6)C[C@H]5/C=C\CCCCN(C)C(=O)[C@@H]4C3)cc(-c3nc(C(C)C)cs3)nc2c1. The molecule has 4 aliphatic rings. The fourth-order valence-corrected chi connectivity index (χ4v) is 10.5. The molecule has 272 valence electrons. The Hall–Kier alpha value is -3.64. The normalized spacial score (nSPS) is 27.9. The third-order valence-electron chi connectivity index (χ3n) is 11.3. The number of carbonyl (C=O) groups is 3. The Morgan fingerprint density at radius 3 is 2.61 bits per heavy atom. The number of pyridine rings is 1. The molecule has 0 radical (unpaired) electrons. The summed E-state index contributed by atoms with van der Waals surface area (Å²) in [5.74, 6) is -1.04. The number of benzene rings is 1. The van der Waals surface area contributed by atoms with E-state index in [9.17, 15) is 22.8 Å². The molecule has 1 amide bonds. The Morgan fingerprint density at radius 1 is 1.10 bits per heavy atom. The van der Waals surface area contributed by atoms with Crippen LogP contribution in [0.25, 0.3) is 21.6 Å². The van der Waals surface area contributed by atoms with Gasteiger partial charge in [0.1, 0.15) is 39.8 Å². The van der Waals surface area contributed by atoms with Gasteiger partial charge in [-0.1, -0.05) is 26.0 Å². The van der Waals surface area contributed by atoms with Crippen LogP contribution in [0.5, 0.6) is 11.5 Å². The number of allylic oxidation sites excluding steroid dienone is 2. The molecule has 0 bridgehead atoms. The van der Waals surface area contributed by atoms with E-state index in [4.69, 9.17) is 19.4 Å². The maximum absolute atomic E-state index is 14.4. The number of methoxy groups -OCH3 is 1. The number of thiazole rings is 1. The summed E-state index contributed by atoms with van der Waals surface area (Å²) in [6, 6.07) is 7.51. The van der Waals surface area contributed by atoms with Crippen molar-refractivity contribution in [3.05, 3.63) is 47.5 Å². The summed E-state index contributed by atoms with van der Waals surface area (Å²) in [5.41, 5.74) is 1.30. The highest BCUT2D eigenvalue weighted by Gasteiger charge is 2.61. The van der Waals surface area contributed by atoms with Crippen molar-refractivity contribution in [1.29, 1.82) is 0 Å². The van der Waals surface area contributed by atoms with Crippen molar-refractivity contribution in [2.75, 3.05) is 26.5 Å². The van der Waals surface area contributed by atoms with Gasteiger partial charge in [-0.25, -0.2) is 18.4 Å². The van der Waals surface area contributed by atoms with Gasteiger partial charge in [0, 0.05) is 54.2 Å². The zero-order valence-electron chi connectivity index (χ0n) is 29.8. The number of hydrogen-bond donors (Lipinski definition) is 0. The Labute approximate surface area is 303 Å². The lowest BCUT2D eigenvalue weighted by Crippen LogP contribution is -2.38. The second-order valence-corrected chi connectivity index (χ2v) is 18.4. The average molecular weight is 734 g/mol. The lowest BCUT2D eigenvalue weighted by molar-refractivity contribution is -0.140. The molecule has 2 aromatic heterocycles. The van der Waals surface area contributed by atoms with Gasteiger partial charge in [-0.15, -0.1) is 11.3 Å². The first kappa shape index (κ1) is 35.7. The van der Waals surface area contributed by atoms with Gasteiger partial charge >= 0.3 is 0 Å². The van der Waals surface area contributed by atoms with Crippen molar-refractivity contribution in [3.8, 4) is 22.2 Å². The molecule has 1 aromatic carbocycles. The Balaban J connectivity index is 1.19. The number of hydrogen-bond acceptors (Lipinski definition) is 10. The van der Waals surface area contributed by atoms with E-state index in [1.54, 1.807) is 19.1 Å². The molecule has 10 nitrogen and oxygen atoms in total. The number of fused-ring (bicyclic) bond motifs is 3. The molecule has 0 unspecified atom stereocenters. The van der Waals surface area contributed by atoms with E-state index in [-0.39, 0.29) is 35.7 Å². The minimum atomic E-state index is -3.53. The predicted molar refractivity (Wildman–Crippen MR) is 197 cm³/mol. The van der Waals surface area contributed by atoms with Gasteiger partial charge in [0.15, 0.2) is 15.6 Å². The highest BCUT2D eigenvalue weighted by Crippen LogP contribution is 2.58. The zero-order chi connectivity index (χ0) is 36.1. The van der Waals surface area contributed by atoms with E-state index in [0.29, 0.717) is 61.4 Å². The number of nitrogens with zero attached hydrogens (tertiary/aromatic N) is 3. The van der Waals surface area contributed by atoms with E-state index in [1.165, 1.54) is 11.3 Å². The third kappa shape index (κ3) is 7.36. The minimum Gasteiger partial charge on any atom is -0.497 e. The summed E-state index contributed by atoms with van der Waals surface area (Å²) in [4.78, 5) is 53.6. The van der Waals surface area contributed by atoms with Crippen molar-refractivity contribution in [2.45, 2.75) is 88.9 Å². The second kappa shape index (κ2) is 14.1. The van der Waals surface area contributed by atoms with Crippen molar-refractivity contribution in [2.24, 2.45) is 23.2 Å². The van der Waals surface area contributed by atoms with Crippen LogP contribution in [-0.2, 0) is 24.2 Å². The number of ether oxygens (including phenoxy) is 2. The van der Waals surface area contributed by atoms with Crippen molar-refractivity contribution < 1.29 is 32.3 Å². The lowest BCUT2D eigenvalue weighted by atomic mass is 9.82. The van der Waals surface area contributed by atoms with Crippen LogP contribution in [0.3, 0.4) is 0 Å². The maximum Gasteiger partial charge on any atom is 0.226 e. The number of sulfone groups is 1. The first-order chi connectivity index (χ1) is 24.4. The van der Waals surface area contributed by atoms with Crippen LogP contribution >= 0.6 is 11.3 Å². The number of aromatic nitrogens is 2. The molecular formula is C39H47N3O7S2. The Morgan fingerprint density at radius 2 is 1.88 bits per heavy atom. The van der Waals surface area contributed by atoms with Crippen molar-refractivity contribution in [1.82, 2.24) is 14.9 Å². The molecule has 3 aromatic rings. The number of rotatable bonds is 9. The minimum absolute atomic E-state index is 0.0593. The summed E-state index contributed by atoms with van der Waals surface area (Å²) in [6.07, 6.45) is 8.38. The molecule has 0 spiro atoms. The summed E-state index contributed by atoms with van der Waals surface area (Å²) in [6.45, 7) is 4.79. The van der Waals surface area contributed by atoms with E-state index in [2.05, 4.69) is 13.8 Å². The van der Waals surface area contributed by atoms with Crippen LogP contribution < -0.4 is 9.47 Å². The van der Waals surface area contributed by atoms with Gasteiger partial charge in [-0.3, -0.25) is 14.4 Å². The number of carbonyl (C=O) groups excluding carboxylic acids is 3. The molecule has 5 atom stereocenters. The largest absolute Gasteiger partial charge is 0.497 e. The summed E-state index contributed by atoms with van der Waals surface area (Å²) >= 11 is 1.52. The van der Waals surface area contributed by atoms with Crippen molar-refractivity contribution in [3.63, 3.8) is 0 Å². The molecule has 0 saturated heterocycles. The number of ketones is 2. The molecule has 1 aliphatic heterocycles. The lowest BCUT2D eigenvalue weighted by Gasteiger charge is -2.26. The van der Waals surface area contributed by atoms with Crippen LogP contribution in [0, 0.1) is 23.2 Å². The monoisotopic (exact) mass is 733 g/mol. The molecule has 51 heavy (non-hydrogen) atoms. The molecule has 3 aliphatic carbocycles. The summed E-state index contributed by atoms with van der Waals surface area (Å²) < 4.78 is 38.0. The molecule has 0 N–H and O–H groups in total. The summed E-state index contributed by atoms with van der Waals surface area (Å²) in [5, 5.41) is 3.15. The number of Topliss-reactive ketones (excluding diaryl/α,β-unsaturated/α-hetero) is 2. The van der Waals surface area contributed by atoms with Gasteiger partial charge in [-0.2, -0.15) is 0 Å². The maximum atomic E-state index is 14.4. The Kier molecular flexibility index (Phi) is 9.86. The fraction of sp³-hybridized carbons (Fsp3) is 0.564. The van der Waals surface area contributed by atoms with Gasteiger partial charge in [0.25, 0.3) is 0 Å². The topological polar surface area (TPSA) is 133 Å². The highest BCUT2D eigenvalue weighted by molar-refractivity contribution is 7.93. The van der Waals surface area contributed by atoms with E-state index in [0.717, 1.165) is 35.4 Å². The van der Waals surface area contributed by atoms with Crippen LogP contribution in [0.2, 0.25) is 0 Å². The van der Waals surface area contributed by atoms with Crippen LogP contribution in [0.4, 0.5) is 0 Å². The smallest absolute Gasteiger partial charge is 0.226 e. The quantitative estimate of drug-likeness (QED) is 0.224. The molecule has 3 fully saturated rings. The van der Waals surface area contributed by atoms with E-state index >= 15 is 0 Å². The second-order valence-electron chi connectivity index (χ2n) is 15.3. The molecular weight excluding hydrogens is 687 g/mol. The predicted octanol–water partition coefficient (Wildman–Crippen LogP) is 6.57. The summed E-state index contributed by atoms with van der Waals surface area (Å²) in [7, 11) is -0.135. The van der Waals surface area contributed by atoms with Gasteiger partial charge in [0.05, 0.1) is 29.5 Å². The number of amides is 1. The van der Waals surface area contributed by atoms with Gasteiger partial charge < -0.3 is 14.4 Å². The molecule has 3 heterocycles.